The first-order valence-electron chi connectivity index (χ1n) is 14.1. The molecule has 0 bridgehead atoms. The van der Waals surface area contributed by atoms with Crippen LogP contribution in [0, 0.1) is 13.8 Å². The largest absolute Gasteiger partial charge is 0.444 e. The summed E-state index contributed by atoms with van der Waals surface area (Å²) in [6.07, 6.45) is 3.35. The second-order valence-corrected chi connectivity index (χ2v) is 12.7. The van der Waals surface area contributed by atoms with Crippen LogP contribution in [0.5, 0.6) is 0 Å². The average Bonchev–Trinajstić information content (AvgIpc) is 3.75. The lowest BCUT2D eigenvalue weighted by atomic mass is 9.94. The Hall–Kier alpha value is -3.52. The Kier molecular flexibility index (Phi) is 9.64. The minimum absolute atomic E-state index is 0.0908. The van der Waals surface area contributed by atoms with Crippen LogP contribution < -0.4 is 10.6 Å². The summed E-state index contributed by atoms with van der Waals surface area (Å²) in [5.74, 6) is 0.115. The summed E-state index contributed by atoms with van der Waals surface area (Å²) in [5, 5.41) is 8.01. The van der Waals surface area contributed by atoms with Gasteiger partial charge in [0.1, 0.15) is 17.7 Å². The summed E-state index contributed by atoms with van der Waals surface area (Å²) < 4.78 is 5.49. The monoisotopic (exact) mass is 575 g/mol. The normalized spacial score (nSPS) is 14.7. The van der Waals surface area contributed by atoms with Gasteiger partial charge in [0.15, 0.2) is 0 Å². The van der Waals surface area contributed by atoms with Crippen molar-refractivity contribution in [3.63, 3.8) is 0 Å². The molecule has 4 rings (SSSR count). The number of nitrogens with zero attached hydrogens (tertiary/aromatic N) is 1. The van der Waals surface area contributed by atoms with Crippen LogP contribution in [0.15, 0.2) is 60.7 Å². The first-order chi connectivity index (χ1) is 19.5. The molecule has 3 amide bonds. The summed E-state index contributed by atoms with van der Waals surface area (Å²) >= 11 is 1.60. The van der Waals surface area contributed by atoms with Crippen LogP contribution >= 0.6 is 11.8 Å². The average molecular weight is 576 g/mol. The number of fused-ring (bicyclic) bond motifs is 1. The number of hydrogen-bond donors (Lipinski definition) is 2. The highest BCUT2D eigenvalue weighted by atomic mass is 32.2. The van der Waals surface area contributed by atoms with Gasteiger partial charge in [-0.2, -0.15) is 11.8 Å². The molecule has 3 aromatic carbocycles. The topological polar surface area (TPSA) is 87.7 Å². The molecule has 2 atom stereocenters. The number of ether oxygens (including phenoxy) is 1. The zero-order valence-electron chi connectivity index (χ0n) is 24.8. The number of anilines is 1. The highest BCUT2D eigenvalue weighted by Gasteiger charge is 2.44. The number of alkyl carbamates (subject to hydrolysis) is 1. The van der Waals surface area contributed by atoms with Gasteiger partial charge in [0.05, 0.1) is 0 Å². The van der Waals surface area contributed by atoms with Gasteiger partial charge < -0.3 is 20.3 Å². The number of aryl methyl sites for hydroxylation is 1. The molecule has 0 heterocycles. The van der Waals surface area contributed by atoms with Gasteiger partial charge in [-0.15, -0.1) is 0 Å². The van der Waals surface area contributed by atoms with Crippen molar-refractivity contribution < 1.29 is 19.1 Å². The van der Waals surface area contributed by atoms with Gasteiger partial charge in [0, 0.05) is 11.7 Å². The quantitative estimate of drug-likeness (QED) is 0.278. The summed E-state index contributed by atoms with van der Waals surface area (Å²) in [4.78, 5) is 43.0. The predicted molar refractivity (Wildman–Crippen MR) is 167 cm³/mol. The summed E-state index contributed by atoms with van der Waals surface area (Å²) in [5.41, 5.74) is 2.75. The lowest BCUT2D eigenvalue weighted by Crippen LogP contribution is -2.53. The third-order valence-electron chi connectivity index (χ3n) is 7.28. The van der Waals surface area contributed by atoms with Crippen molar-refractivity contribution in [2.45, 2.75) is 77.6 Å². The number of nitrogens with one attached hydrogen (secondary N) is 2. The predicted octanol–water partition coefficient (Wildman–Crippen LogP) is 6.77. The van der Waals surface area contributed by atoms with Crippen molar-refractivity contribution in [1.29, 1.82) is 0 Å². The number of carbonyl (C=O) groups is 3. The molecular formula is C33H41N3O4S. The minimum atomic E-state index is -0.862. The molecule has 7 nitrogen and oxygen atoms in total. The molecule has 3 aromatic rings. The van der Waals surface area contributed by atoms with Gasteiger partial charge in [-0.1, -0.05) is 48.5 Å². The van der Waals surface area contributed by atoms with Crippen LogP contribution in [0.2, 0.25) is 0 Å². The third kappa shape index (κ3) is 7.82. The number of benzene rings is 3. The highest BCUT2D eigenvalue weighted by molar-refractivity contribution is 7.98. The second kappa shape index (κ2) is 13.0. The maximum absolute atomic E-state index is 14.3. The Morgan fingerprint density at radius 2 is 1.71 bits per heavy atom. The molecule has 1 aliphatic carbocycles. The van der Waals surface area contributed by atoms with Gasteiger partial charge in [0.2, 0.25) is 5.91 Å². The molecule has 8 heteroatoms. The van der Waals surface area contributed by atoms with Gasteiger partial charge >= 0.3 is 6.09 Å². The van der Waals surface area contributed by atoms with Crippen LogP contribution in [-0.2, 0) is 14.3 Å². The van der Waals surface area contributed by atoms with Gasteiger partial charge in [-0.3, -0.25) is 9.59 Å². The van der Waals surface area contributed by atoms with Crippen LogP contribution in [0.4, 0.5) is 10.5 Å². The van der Waals surface area contributed by atoms with Crippen LogP contribution in [0.1, 0.15) is 62.8 Å². The Labute approximate surface area is 247 Å². The van der Waals surface area contributed by atoms with Crippen LogP contribution in [0.3, 0.4) is 0 Å². The fourth-order valence-electron chi connectivity index (χ4n) is 4.96. The molecule has 1 aliphatic rings. The molecule has 1 fully saturated rings. The Morgan fingerprint density at radius 1 is 1.00 bits per heavy atom. The van der Waals surface area contributed by atoms with E-state index in [0.29, 0.717) is 17.9 Å². The fourth-order valence-corrected chi connectivity index (χ4v) is 5.43. The van der Waals surface area contributed by atoms with Crippen molar-refractivity contribution in [1.82, 2.24) is 10.2 Å². The van der Waals surface area contributed by atoms with E-state index in [9.17, 15) is 14.4 Å². The molecule has 2 unspecified atom stereocenters. The Bertz CT molecular complexity index is 1410. The molecular weight excluding hydrogens is 534 g/mol. The molecule has 1 saturated carbocycles. The molecule has 0 aromatic heterocycles. The van der Waals surface area contributed by atoms with Gasteiger partial charge in [-0.05, 0) is 105 Å². The fraction of sp³-hybridized carbons (Fsp3) is 0.424. The highest BCUT2D eigenvalue weighted by Crippen LogP contribution is 2.38. The summed E-state index contributed by atoms with van der Waals surface area (Å²) in [6, 6.07) is 17.9. The Morgan fingerprint density at radius 3 is 2.37 bits per heavy atom. The van der Waals surface area contributed by atoms with Gasteiger partial charge in [0.25, 0.3) is 5.91 Å². The van der Waals surface area contributed by atoms with E-state index in [1.54, 1.807) is 37.4 Å². The summed E-state index contributed by atoms with van der Waals surface area (Å²) in [6.45, 7) is 9.35. The smallest absolute Gasteiger partial charge is 0.408 e. The standard InChI is InChI=1S/C33H41N3O4S/c1-21-10-9-13-27(22(21)2)29(30(37)34-25-15-14-23-11-7-8-12-24(23)20-25)36(26-16-17-26)31(38)28(18-19-41-6)35-32(39)40-33(3,4)5/h7-15,20,26,28-29H,16-19H2,1-6H3,(H,34,37)(H,35,39). The zero-order chi connectivity index (χ0) is 29.7. The third-order valence-corrected chi connectivity index (χ3v) is 7.92. The molecule has 0 spiro atoms. The number of carbonyl (C=O) groups excluding carboxylic acids is 3. The zero-order valence-corrected chi connectivity index (χ0v) is 25.6. The van der Waals surface area contributed by atoms with E-state index < -0.39 is 23.8 Å². The van der Waals surface area contributed by atoms with E-state index in [4.69, 9.17) is 4.74 Å². The number of rotatable bonds is 10. The molecule has 0 aliphatic heterocycles. The van der Waals surface area contributed by atoms with Crippen molar-refractivity contribution in [3.05, 3.63) is 77.4 Å². The number of amides is 3. The van der Waals surface area contributed by atoms with Crippen molar-refractivity contribution in [2.24, 2.45) is 0 Å². The van der Waals surface area contributed by atoms with Crippen LogP contribution in [-0.4, -0.2) is 52.5 Å². The maximum atomic E-state index is 14.3. The van der Waals surface area contributed by atoms with E-state index in [2.05, 4.69) is 10.6 Å². The maximum Gasteiger partial charge on any atom is 0.408 e. The van der Waals surface area contributed by atoms with E-state index in [1.165, 1.54) is 0 Å². The molecule has 2 N–H and O–H groups in total. The second-order valence-electron chi connectivity index (χ2n) is 11.7. The van der Waals surface area contributed by atoms with Gasteiger partial charge in [-0.25, -0.2) is 4.79 Å². The first-order valence-corrected chi connectivity index (χ1v) is 15.5. The molecule has 218 valence electrons. The number of thioether (sulfide) groups is 1. The van der Waals surface area contributed by atoms with Crippen molar-refractivity contribution in [2.75, 3.05) is 17.3 Å². The molecule has 0 radical (unpaired) electrons. The number of hydrogen-bond acceptors (Lipinski definition) is 5. The van der Waals surface area contributed by atoms with Crippen molar-refractivity contribution >= 4 is 46.1 Å². The molecule has 41 heavy (non-hydrogen) atoms. The SMILES string of the molecule is CSCCC(NC(=O)OC(C)(C)C)C(=O)N(C1CC1)C(C(=O)Nc1ccc2ccccc2c1)c1cccc(C)c1C. The molecule has 0 saturated heterocycles. The summed E-state index contributed by atoms with van der Waals surface area (Å²) in [7, 11) is 0. The lowest BCUT2D eigenvalue weighted by molar-refractivity contribution is -0.141. The van der Waals surface area contributed by atoms with E-state index >= 15 is 0 Å². The lowest BCUT2D eigenvalue weighted by Gasteiger charge is -2.35. The van der Waals surface area contributed by atoms with E-state index in [1.807, 2.05) is 80.8 Å². The minimum Gasteiger partial charge on any atom is -0.444 e. The Balaban J connectivity index is 1.71. The van der Waals surface area contributed by atoms with E-state index in [0.717, 1.165) is 40.3 Å². The van der Waals surface area contributed by atoms with Crippen LogP contribution in [0.25, 0.3) is 10.8 Å². The van der Waals surface area contributed by atoms with E-state index in [-0.39, 0.29) is 17.9 Å². The van der Waals surface area contributed by atoms with Crippen molar-refractivity contribution in [3.8, 4) is 0 Å². The first kappa shape index (κ1) is 30.4.